The lowest BCUT2D eigenvalue weighted by Crippen LogP contribution is -2.11. The molecule has 3 nitrogen and oxygen atoms in total. The first-order valence-corrected chi connectivity index (χ1v) is 8.81. The van der Waals surface area contributed by atoms with Gasteiger partial charge in [-0.05, 0) is 11.6 Å². The minimum Gasteiger partial charge on any atom is -0.343 e. The van der Waals surface area contributed by atoms with E-state index < -0.39 is 0 Å². The van der Waals surface area contributed by atoms with Crippen molar-refractivity contribution in [3.63, 3.8) is 0 Å². The Morgan fingerprint density at radius 1 is 0.875 bits per heavy atom. The summed E-state index contributed by atoms with van der Waals surface area (Å²) in [5, 5.41) is 3.48. The van der Waals surface area contributed by atoms with Gasteiger partial charge in [-0.3, -0.25) is 4.99 Å². The second kappa shape index (κ2) is 5.80. The molecule has 2 heterocycles. The first-order chi connectivity index (χ1) is 11.7. The van der Waals surface area contributed by atoms with Crippen molar-refractivity contribution in [1.82, 2.24) is 9.13 Å². The first kappa shape index (κ1) is 15.0. The average Bonchev–Trinajstić information content (AvgIpc) is 3.13. The van der Waals surface area contributed by atoms with Crippen LogP contribution in [0.4, 0.5) is 0 Å². The highest BCUT2D eigenvalue weighted by atomic mass is 32.1. The monoisotopic (exact) mass is 333 g/mol. The number of hydrogen-bond acceptors (Lipinski definition) is 2. The largest absolute Gasteiger partial charge is 0.343 e. The molecule has 0 aliphatic heterocycles. The molecule has 0 atom stereocenters. The second-order valence-corrected chi connectivity index (χ2v) is 6.69. The minimum absolute atomic E-state index is 1.02. The maximum Gasteiger partial charge on any atom is 0.184 e. The molecule has 0 aliphatic carbocycles. The van der Waals surface area contributed by atoms with Gasteiger partial charge in [0.1, 0.15) is 0 Å². The Hall–Kier alpha value is -2.59. The fourth-order valence-electron chi connectivity index (χ4n) is 3.39. The molecule has 4 aromatic rings. The SMILES string of the molecule is CN=c1scc(-c2c(-c3ccccc3)n(C)c3ccccc23)n1C. The molecule has 0 fully saturated rings. The number of fused-ring (bicyclic) bond motifs is 1. The lowest BCUT2D eigenvalue weighted by Gasteiger charge is -2.09. The van der Waals surface area contributed by atoms with Crippen LogP contribution in [0.1, 0.15) is 0 Å². The lowest BCUT2D eigenvalue weighted by molar-refractivity contribution is 0.875. The summed E-state index contributed by atoms with van der Waals surface area (Å²) in [5.41, 5.74) is 6.19. The smallest absolute Gasteiger partial charge is 0.184 e. The van der Waals surface area contributed by atoms with E-state index in [1.807, 2.05) is 7.05 Å². The summed E-state index contributed by atoms with van der Waals surface area (Å²) in [6.45, 7) is 0. The van der Waals surface area contributed by atoms with Crippen LogP contribution in [0.3, 0.4) is 0 Å². The molecule has 0 aliphatic rings. The van der Waals surface area contributed by atoms with Crippen molar-refractivity contribution >= 4 is 22.2 Å². The van der Waals surface area contributed by atoms with Crippen LogP contribution in [0.2, 0.25) is 0 Å². The van der Waals surface area contributed by atoms with Crippen LogP contribution in [0.15, 0.2) is 65.0 Å². The molecule has 0 N–H and O–H groups in total. The summed E-state index contributed by atoms with van der Waals surface area (Å²) in [5.74, 6) is 0. The normalized spacial score (nSPS) is 12.2. The highest BCUT2D eigenvalue weighted by molar-refractivity contribution is 7.07. The maximum absolute atomic E-state index is 4.38. The Balaban J connectivity index is 2.16. The van der Waals surface area contributed by atoms with Crippen LogP contribution in [-0.4, -0.2) is 16.2 Å². The van der Waals surface area contributed by atoms with Crippen molar-refractivity contribution in [2.45, 2.75) is 0 Å². The highest BCUT2D eigenvalue weighted by Crippen LogP contribution is 2.40. The number of nitrogens with zero attached hydrogens (tertiary/aromatic N) is 3. The molecular formula is C20H19N3S. The summed E-state index contributed by atoms with van der Waals surface area (Å²) >= 11 is 1.68. The molecule has 24 heavy (non-hydrogen) atoms. The van der Waals surface area contributed by atoms with Gasteiger partial charge in [-0.1, -0.05) is 48.5 Å². The van der Waals surface area contributed by atoms with E-state index in [0.29, 0.717) is 0 Å². The van der Waals surface area contributed by atoms with Crippen molar-refractivity contribution < 1.29 is 0 Å². The molecule has 4 heteroatoms. The molecule has 0 spiro atoms. The van der Waals surface area contributed by atoms with Crippen molar-refractivity contribution in [2.75, 3.05) is 7.05 Å². The Morgan fingerprint density at radius 2 is 1.58 bits per heavy atom. The zero-order valence-electron chi connectivity index (χ0n) is 14.0. The Labute approximate surface area is 145 Å². The molecule has 0 unspecified atom stereocenters. The van der Waals surface area contributed by atoms with Gasteiger partial charge in [-0.2, -0.15) is 0 Å². The number of para-hydroxylation sites is 1. The van der Waals surface area contributed by atoms with Gasteiger partial charge in [0.05, 0.1) is 11.4 Å². The Bertz CT molecular complexity index is 1080. The molecule has 0 saturated carbocycles. The standard InChI is InChI=1S/C20H19N3S/c1-21-20-23(3)17(13-24-20)18-15-11-7-8-12-16(15)22(2)19(18)14-9-5-4-6-10-14/h4-13H,1-3H3. The fraction of sp³-hybridized carbons (Fsp3) is 0.150. The van der Waals surface area contributed by atoms with E-state index in [1.165, 1.54) is 33.4 Å². The van der Waals surface area contributed by atoms with E-state index in [9.17, 15) is 0 Å². The van der Waals surface area contributed by atoms with Crippen LogP contribution >= 0.6 is 11.3 Å². The predicted molar refractivity (Wildman–Crippen MR) is 102 cm³/mol. The molecule has 0 amide bonds. The third-order valence-electron chi connectivity index (χ3n) is 4.53. The Morgan fingerprint density at radius 3 is 2.29 bits per heavy atom. The number of aryl methyl sites for hydroxylation is 1. The summed E-state index contributed by atoms with van der Waals surface area (Å²) < 4.78 is 4.47. The van der Waals surface area contributed by atoms with Crippen LogP contribution in [0.25, 0.3) is 33.4 Å². The number of aromatic nitrogens is 2. The van der Waals surface area contributed by atoms with Gasteiger partial charge in [-0.25, -0.2) is 0 Å². The van der Waals surface area contributed by atoms with Gasteiger partial charge in [0, 0.05) is 43.0 Å². The van der Waals surface area contributed by atoms with Gasteiger partial charge in [0.2, 0.25) is 0 Å². The fourth-order valence-corrected chi connectivity index (χ4v) is 4.24. The van der Waals surface area contributed by atoms with E-state index in [-0.39, 0.29) is 0 Å². The van der Waals surface area contributed by atoms with Gasteiger partial charge in [0.15, 0.2) is 4.80 Å². The number of rotatable bonds is 2. The van der Waals surface area contributed by atoms with E-state index in [1.54, 1.807) is 11.3 Å². The van der Waals surface area contributed by atoms with E-state index in [0.717, 1.165) is 4.80 Å². The summed E-state index contributed by atoms with van der Waals surface area (Å²) in [7, 11) is 6.08. The number of hydrogen-bond donors (Lipinski definition) is 0. The van der Waals surface area contributed by atoms with Crippen molar-refractivity contribution in [3.8, 4) is 22.5 Å². The van der Waals surface area contributed by atoms with E-state index in [2.05, 4.69) is 88.2 Å². The van der Waals surface area contributed by atoms with Crippen molar-refractivity contribution in [1.29, 1.82) is 0 Å². The number of thiazole rings is 1. The molecule has 0 bridgehead atoms. The molecule has 2 aromatic heterocycles. The highest BCUT2D eigenvalue weighted by Gasteiger charge is 2.20. The summed E-state index contributed by atoms with van der Waals surface area (Å²) in [6, 6.07) is 19.2. The van der Waals surface area contributed by atoms with E-state index >= 15 is 0 Å². The third kappa shape index (κ3) is 2.14. The quantitative estimate of drug-likeness (QED) is 0.517. The molecule has 0 saturated heterocycles. The van der Waals surface area contributed by atoms with Crippen LogP contribution < -0.4 is 4.80 Å². The topological polar surface area (TPSA) is 22.2 Å². The average molecular weight is 333 g/mol. The van der Waals surface area contributed by atoms with Crippen LogP contribution in [0.5, 0.6) is 0 Å². The molecule has 2 aromatic carbocycles. The second-order valence-electron chi connectivity index (χ2n) is 5.85. The zero-order valence-corrected chi connectivity index (χ0v) is 14.8. The number of benzene rings is 2. The first-order valence-electron chi connectivity index (χ1n) is 7.93. The summed E-state index contributed by atoms with van der Waals surface area (Å²) in [6.07, 6.45) is 0. The maximum atomic E-state index is 4.38. The molecular weight excluding hydrogens is 314 g/mol. The van der Waals surface area contributed by atoms with Crippen molar-refractivity contribution in [2.24, 2.45) is 19.1 Å². The van der Waals surface area contributed by atoms with Gasteiger partial charge in [-0.15, -0.1) is 11.3 Å². The molecule has 0 radical (unpaired) electrons. The van der Waals surface area contributed by atoms with Gasteiger partial charge < -0.3 is 9.13 Å². The van der Waals surface area contributed by atoms with Gasteiger partial charge in [0.25, 0.3) is 0 Å². The summed E-state index contributed by atoms with van der Waals surface area (Å²) in [4.78, 5) is 5.41. The lowest BCUT2D eigenvalue weighted by atomic mass is 10.0. The minimum atomic E-state index is 1.02. The van der Waals surface area contributed by atoms with Crippen LogP contribution in [-0.2, 0) is 14.1 Å². The molecule has 4 rings (SSSR count). The third-order valence-corrected chi connectivity index (χ3v) is 5.53. The van der Waals surface area contributed by atoms with Crippen molar-refractivity contribution in [3.05, 3.63) is 64.8 Å². The predicted octanol–water partition coefficient (Wildman–Crippen LogP) is 4.44. The van der Waals surface area contributed by atoms with Gasteiger partial charge >= 0.3 is 0 Å². The Kier molecular flexibility index (Phi) is 3.62. The van der Waals surface area contributed by atoms with Crippen LogP contribution in [0, 0.1) is 0 Å². The molecule has 120 valence electrons. The van der Waals surface area contributed by atoms with E-state index in [4.69, 9.17) is 0 Å². The zero-order chi connectivity index (χ0) is 16.7.